The highest BCUT2D eigenvalue weighted by Gasteiger charge is 2.21. The van der Waals surface area contributed by atoms with Gasteiger partial charge in [-0.2, -0.15) is 11.3 Å². The number of H-pyrrole nitrogens is 1. The summed E-state index contributed by atoms with van der Waals surface area (Å²) in [5, 5.41) is 8.63. The zero-order chi connectivity index (χ0) is 12.8. The third-order valence-corrected chi connectivity index (χ3v) is 4.27. The number of nitrogens with one attached hydrogen (secondary N) is 2. The Kier molecular flexibility index (Phi) is 2.26. The molecule has 2 N–H and O–H groups in total. The van der Waals surface area contributed by atoms with Crippen molar-refractivity contribution in [2.24, 2.45) is 0 Å². The van der Waals surface area contributed by atoms with Gasteiger partial charge in [0.1, 0.15) is 0 Å². The monoisotopic (exact) mass is 268 g/mol. The molecule has 0 fully saturated rings. The second-order valence-corrected chi connectivity index (χ2v) is 5.50. The van der Waals surface area contributed by atoms with Crippen LogP contribution < -0.4 is 5.32 Å². The summed E-state index contributed by atoms with van der Waals surface area (Å²) in [5.74, 6) is 0.215. The molecule has 2 aromatic heterocycles. The summed E-state index contributed by atoms with van der Waals surface area (Å²) in [6.45, 7) is 0.692. The number of thiophene rings is 1. The Morgan fingerprint density at radius 1 is 1.21 bits per heavy atom. The van der Waals surface area contributed by atoms with Gasteiger partial charge in [-0.25, -0.2) is 0 Å². The van der Waals surface area contributed by atoms with Crippen molar-refractivity contribution in [3.63, 3.8) is 0 Å². The number of carbonyl (C=O) groups is 1. The molecule has 0 aliphatic carbocycles. The number of ketones is 1. The molecule has 3 nitrogen and oxygen atoms in total. The van der Waals surface area contributed by atoms with Gasteiger partial charge >= 0.3 is 0 Å². The average Bonchev–Trinajstić information content (AvgIpc) is 3.01. The number of aromatic amines is 1. The van der Waals surface area contributed by atoms with E-state index in [2.05, 4.69) is 27.1 Å². The van der Waals surface area contributed by atoms with E-state index in [9.17, 15) is 4.79 Å². The first-order valence-electron chi connectivity index (χ1n) is 6.29. The number of hydrogen-bond donors (Lipinski definition) is 2. The van der Waals surface area contributed by atoms with E-state index in [1.807, 2.05) is 18.2 Å². The van der Waals surface area contributed by atoms with Crippen LogP contribution in [-0.4, -0.2) is 17.3 Å². The number of benzene rings is 1. The van der Waals surface area contributed by atoms with Gasteiger partial charge in [0.05, 0.1) is 11.4 Å². The summed E-state index contributed by atoms with van der Waals surface area (Å²) in [7, 11) is 0. The van der Waals surface area contributed by atoms with Gasteiger partial charge in [0.25, 0.3) is 0 Å². The standard InChI is InChI=1S/C15H12N2OS/c18-12-4-6-16-15-13-10(12)2-1-3-11(13)17-14(15)9-5-7-19-8-9/h1-3,5,7-8,16-17H,4,6H2. The maximum Gasteiger partial charge on any atom is 0.165 e. The summed E-state index contributed by atoms with van der Waals surface area (Å²) >= 11 is 1.68. The van der Waals surface area contributed by atoms with Crippen molar-refractivity contribution in [3.8, 4) is 11.3 Å². The molecule has 0 saturated carbocycles. The van der Waals surface area contributed by atoms with Gasteiger partial charge in [0, 0.05) is 40.4 Å². The second kappa shape index (κ2) is 3.96. The SMILES string of the molecule is O=C1CCNc2c(-c3ccsc3)[nH]c3cccc1c23. The third kappa shape index (κ3) is 1.53. The van der Waals surface area contributed by atoms with Crippen LogP contribution in [0.15, 0.2) is 35.0 Å². The lowest BCUT2D eigenvalue weighted by Crippen LogP contribution is -2.04. The van der Waals surface area contributed by atoms with Crippen LogP contribution in [0, 0.1) is 0 Å². The Morgan fingerprint density at radius 2 is 2.16 bits per heavy atom. The van der Waals surface area contributed by atoms with Crippen molar-refractivity contribution in [3.05, 3.63) is 40.6 Å². The van der Waals surface area contributed by atoms with E-state index in [4.69, 9.17) is 0 Å². The molecule has 0 bridgehead atoms. The van der Waals surface area contributed by atoms with E-state index >= 15 is 0 Å². The Morgan fingerprint density at radius 3 is 3.00 bits per heavy atom. The minimum atomic E-state index is 0.215. The molecule has 0 amide bonds. The molecule has 0 radical (unpaired) electrons. The van der Waals surface area contributed by atoms with E-state index in [-0.39, 0.29) is 5.78 Å². The molecule has 0 unspecified atom stereocenters. The molecule has 19 heavy (non-hydrogen) atoms. The van der Waals surface area contributed by atoms with Crippen LogP contribution in [0.25, 0.3) is 22.2 Å². The minimum absolute atomic E-state index is 0.215. The van der Waals surface area contributed by atoms with E-state index in [0.29, 0.717) is 13.0 Å². The van der Waals surface area contributed by atoms with Crippen LogP contribution in [-0.2, 0) is 0 Å². The Bertz CT molecular complexity index is 771. The zero-order valence-corrected chi connectivity index (χ0v) is 11.0. The number of rotatable bonds is 1. The topological polar surface area (TPSA) is 44.9 Å². The lowest BCUT2D eigenvalue weighted by atomic mass is 10.0. The first-order valence-corrected chi connectivity index (χ1v) is 7.23. The van der Waals surface area contributed by atoms with Gasteiger partial charge < -0.3 is 10.3 Å². The van der Waals surface area contributed by atoms with Crippen molar-refractivity contribution in [1.29, 1.82) is 0 Å². The predicted molar refractivity (Wildman–Crippen MR) is 79.0 cm³/mol. The van der Waals surface area contributed by atoms with Crippen LogP contribution in [0.2, 0.25) is 0 Å². The molecule has 3 heterocycles. The lowest BCUT2D eigenvalue weighted by Gasteiger charge is -2.03. The fraction of sp³-hybridized carbons (Fsp3) is 0.133. The molecular weight excluding hydrogens is 256 g/mol. The molecule has 0 atom stereocenters. The largest absolute Gasteiger partial charge is 0.382 e. The van der Waals surface area contributed by atoms with Crippen LogP contribution in [0.1, 0.15) is 16.8 Å². The van der Waals surface area contributed by atoms with Crippen LogP contribution >= 0.6 is 11.3 Å². The predicted octanol–water partition coefficient (Wildman–Crippen LogP) is 3.89. The van der Waals surface area contributed by atoms with Gasteiger partial charge in [0.2, 0.25) is 0 Å². The van der Waals surface area contributed by atoms with E-state index in [1.165, 1.54) is 5.56 Å². The lowest BCUT2D eigenvalue weighted by molar-refractivity contribution is 0.0989. The summed E-state index contributed by atoms with van der Waals surface area (Å²) in [6, 6.07) is 7.99. The number of carbonyl (C=O) groups excluding carboxylic acids is 1. The van der Waals surface area contributed by atoms with Crippen LogP contribution in [0.5, 0.6) is 0 Å². The number of Topliss-reactive ketones (excluding diaryl/α,β-unsaturated/α-hetero) is 1. The molecule has 1 aliphatic heterocycles. The van der Waals surface area contributed by atoms with Crippen molar-refractivity contribution in [2.45, 2.75) is 6.42 Å². The summed E-state index contributed by atoms with van der Waals surface area (Å²) in [4.78, 5) is 15.6. The molecule has 1 aliphatic rings. The molecule has 3 aromatic rings. The van der Waals surface area contributed by atoms with Gasteiger partial charge in [-0.15, -0.1) is 0 Å². The maximum absolute atomic E-state index is 12.1. The van der Waals surface area contributed by atoms with Gasteiger partial charge in [0.15, 0.2) is 5.78 Å². The molecule has 1 aromatic carbocycles. The Balaban J connectivity index is 2.10. The minimum Gasteiger partial charge on any atom is -0.382 e. The molecule has 4 heteroatoms. The van der Waals surface area contributed by atoms with Gasteiger partial charge in [-0.3, -0.25) is 4.79 Å². The van der Waals surface area contributed by atoms with Crippen molar-refractivity contribution in [1.82, 2.24) is 4.98 Å². The van der Waals surface area contributed by atoms with Gasteiger partial charge in [-0.1, -0.05) is 12.1 Å². The molecule has 0 saturated heterocycles. The third-order valence-electron chi connectivity index (χ3n) is 3.59. The Hall–Kier alpha value is -2.07. The van der Waals surface area contributed by atoms with Crippen molar-refractivity contribution >= 4 is 33.7 Å². The molecule has 94 valence electrons. The highest BCUT2D eigenvalue weighted by Crippen LogP contribution is 2.39. The zero-order valence-electron chi connectivity index (χ0n) is 10.2. The van der Waals surface area contributed by atoms with Crippen molar-refractivity contribution < 1.29 is 4.79 Å². The van der Waals surface area contributed by atoms with E-state index in [0.717, 1.165) is 27.8 Å². The highest BCUT2D eigenvalue weighted by atomic mass is 32.1. The Labute approximate surface area is 114 Å². The molecule has 0 spiro atoms. The first kappa shape index (κ1) is 10.8. The number of aromatic nitrogens is 1. The second-order valence-electron chi connectivity index (χ2n) is 4.72. The van der Waals surface area contributed by atoms with Gasteiger partial charge in [-0.05, 0) is 17.5 Å². The average molecular weight is 268 g/mol. The molecular formula is C15H12N2OS. The number of anilines is 1. The van der Waals surface area contributed by atoms with E-state index in [1.54, 1.807) is 11.3 Å². The number of hydrogen-bond acceptors (Lipinski definition) is 3. The summed E-state index contributed by atoms with van der Waals surface area (Å²) in [6.07, 6.45) is 0.552. The fourth-order valence-electron chi connectivity index (χ4n) is 2.72. The highest BCUT2D eigenvalue weighted by molar-refractivity contribution is 7.08. The van der Waals surface area contributed by atoms with Crippen molar-refractivity contribution in [2.75, 3.05) is 11.9 Å². The van der Waals surface area contributed by atoms with Crippen LogP contribution in [0.3, 0.4) is 0 Å². The summed E-state index contributed by atoms with van der Waals surface area (Å²) in [5.41, 5.74) is 5.17. The van der Waals surface area contributed by atoms with Crippen LogP contribution in [0.4, 0.5) is 5.69 Å². The fourth-order valence-corrected chi connectivity index (χ4v) is 3.36. The van der Waals surface area contributed by atoms with E-state index < -0.39 is 0 Å². The smallest absolute Gasteiger partial charge is 0.165 e. The normalized spacial score (nSPS) is 14.4. The first-order chi connectivity index (χ1) is 9.34. The quantitative estimate of drug-likeness (QED) is 0.703. The maximum atomic E-state index is 12.1. The molecule has 4 rings (SSSR count). The summed E-state index contributed by atoms with van der Waals surface area (Å²) < 4.78 is 0.